The van der Waals surface area contributed by atoms with Gasteiger partial charge in [-0.15, -0.1) is 0 Å². The van der Waals surface area contributed by atoms with Crippen LogP contribution in [-0.4, -0.2) is 53.2 Å². The van der Waals surface area contributed by atoms with Crippen molar-refractivity contribution in [2.24, 2.45) is 0 Å². The zero-order valence-electron chi connectivity index (χ0n) is 16.6. The lowest BCUT2D eigenvalue weighted by Crippen LogP contribution is -2.43. The van der Waals surface area contributed by atoms with Crippen LogP contribution >= 0.6 is 0 Å². The molecule has 2 aromatic rings. The lowest BCUT2D eigenvalue weighted by atomic mass is 10.0. The van der Waals surface area contributed by atoms with Crippen LogP contribution in [-0.2, 0) is 16.1 Å². The first-order chi connectivity index (χ1) is 14.0. The van der Waals surface area contributed by atoms with Gasteiger partial charge in [0, 0.05) is 30.4 Å². The molecule has 1 heterocycles. The molecule has 0 amide bonds. The quantitative estimate of drug-likeness (QED) is 0.728. The van der Waals surface area contributed by atoms with E-state index < -0.39 is 11.9 Å². The van der Waals surface area contributed by atoms with E-state index in [1.807, 2.05) is 0 Å². The highest BCUT2D eigenvalue weighted by molar-refractivity contribution is 5.89. The molecule has 6 heteroatoms. The molecule has 1 saturated heterocycles. The molecule has 0 bridgehead atoms. The highest BCUT2D eigenvalue weighted by atomic mass is 16.4. The summed E-state index contributed by atoms with van der Waals surface area (Å²) in [7, 11) is 2.22. The number of anilines is 1. The Bertz CT molecular complexity index is 769. The summed E-state index contributed by atoms with van der Waals surface area (Å²) in [5, 5.41) is 15.6. The van der Waals surface area contributed by atoms with Crippen LogP contribution in [0.4, 0.5) is 5.69 Å². The second-order valence-corrected chi connectivity index (χ2v) is 6.99. The van der Waals surface area contributed by atoms with Gasteiger partial charge in [-0.1, -0.05) is 48.5 Å². The van der Waals surface area contributed by atoms with Crippen LogP contribution in [0.2, 0.25) is 0 Å². The van der Waals surface area contributed by atoms with E-state index in [1.54, 1.807) is 0 Å². The number of carbonyl (C=O) groups is 2. The van der Waals surface area contributed by atoms with Crippen molar-refractivity contribution in [2.75, 3.05) is 25.0 Å². The van der Waals surface area contributed by atoms with Crippen molar-refractivity contribution in [3.63, 3.8) is 0 Å². The summed E-state index contributed by atoms with van der Waals surface area (Å²) >= 11 is 0. The number of nitrogens with zero attached hydrogens (tertiary/aromatic N) is 2. The summed E-state index contributed by atoms with van der Waals surface area (Å²) in [6.45, 7) is 3.39. The van der Waals surface area contributed by atoms with Crippen molar-refractivity contribution in [1.29, 1.82) is 0 Å². The fraction of sp³-hybridized carbons (Fsp3) is 0.304. The van der Waals surface area contributed by atoms with Crippen molar-refractivity contribution in [2.45, 2.75) is 25.4 Å². The molecular formula is C23H28N2O4. The summed E-state index contributed by atoms with van der Waals surface area (Å²) < 4.78 is 0. The molecule has 2 N–H and O–H groups in total. The number of hydrogen-bond donors (Lipinski definition) is 2. The molecule has 0 aliphatic carbocycles. The fourth-order valence-electron chi connectivity index (χ4n) is 3.28. The fourth-order valence-corrected chi connectivity index (χ4v) is 3.28. The summed E-state index contributed by atoms with van der Waals surface area (Å²) in [4.78, 5) is 24.1. The van der Waals surface area contributed by atoms with Gasteiger partial charge in [-0.25, -0.2) is 9.59 Å². The van der Waals surface area contributed by atoms with Crippen molar-refractivity contribution in [1.82, 2.24) is 4.90 Å². The number of hydrogen-bond acceptors (Lipinski definition) is 4. The second kappa shape index (κ2) is 11.7. The molecular weight excluding hydrogens is 368 g/mol. The van der Waals surface area contributed by atoms with E-state index in [2.05, 4.69) is 77.5 Å². The molecule has 3 rings (SSSR count). The van der Waals surface area contributed by atoms with E-state index in [9.17, 15) is 9.59 Å². The molecule has 154 valence electrons. The van der Waals surface area contributed by atoms with E-state index in [1.165, 1.54) is 37.2 Å². The first kappa shape index (κ1) is 22.2. The van der Waals surface area contributed by atoms with E-state index in [4.69, 9.17) is 10.2 Å². The number of piperidine rings is 1. The maximum Gasteiger partial charge on any atom is 0.328 e. The number of likely N-dealkylation sites (tertiary alicyclic amines) is 1. The lowest BCUT2D eigenvalue weighted by Gasteiger charge is -2.39. The second-order valence-electron chi connectivity index (χ2n) is 6.99. The van der Waals surface area contributed by atoms with E-state index in [-0.39, 0.29) is 0 Å². The molecule has 0 atom stereocenters. The van der Waals surface area contributed by atoms with Gasteiger partial charge in [0.15, 0.2) is 0 Å². The normalized spacial score (nSPS) is 14.8. The van der Waals surface area contributed by atoms with Gasteiger partial charge in [-0.2, -0.15) is 0 Å². The molecule has 0 spiro atoms. The first-order valence-electron chi connectivity index (χ1n) is 9.64. The van der Waals surface area contributed by atoms with Gasteiger partial charge in [-0.05, 0) is 50.7 Å². The summed E-state index contributed by atoms with van der Waals surface area (Å²) in [6.07, 6.45) is 3.61. The third-order valence-corrected chi connectivity index (χ3v) is 4.78. The first-order valence-corrected chi connectivity index (χ1v) is 9.64. The molecule has 0 unspecified atom stereocenters. The minimum atomic E-state index is -1.26. The number of rotatable bonds is 6. The van der Waals surface area contributed by atoms with Crippen LogP contribution in [0, 0.1) is 0 Å². The van der Waals surface area contributed by atoms with Crippen LogP contribution in [0.15, 0.2) is 72.8 Å². The van der Waals surface area contributed by atoms with E-state index in [0.717, 1.165) is 6.54 Å². The average molecular weight is 396 g/mol. The maximum atomic E-state index is 9.55. The molecule has 29 heavy (non-hydrogen) atoms. The molecule has 6 nitrogen and oxygen atoms in total. The van der Waals surface area contributed by atoms with Gasteiger partial charge in [-0.3, -0.25) is 0 Å². The Kier molecular flexibility index (Phi) is 8.92. The molecule has 0 aromatic heterocycles. The van der Waals surface area contributed by atoms with Crippen LogP contribution < -0.4 is 4.90 Å². The standard InChI is InChI=1S/C19H24N2.C4H4O4/c1-20-14-12-19(13-15-20)21(18-10-6-3-7-11-18)16-17-8-4-2-5-9-17;5-3(6)1-2-4(7)8/h2-11,19H,12-16H2,1H3;1-2H,(H,5,6)(H,7,8)/b;2-1-. The number of carboxylic acids is 2. The topological polar surface area (TPSA) is 81.1 Å². The third kappa shape index (κ3) is 8.19. The highest BCUT2D eigenvalue weighted by Crippen LogP contribution is 2.25. The lowest BCUT2D eigenvalue weighted by molar-refractivity contribution is -0.134. The minimum absolute atomic E-state index is 0.558. The molecule has 1 fully saturated rings. The van der Waals surface area contributed by atoms with Crippen molar-refractivity contribution >= 4 is 17.6 Å². The van der Waals surface area contributed by atoms with Gasteiger partial charge in [0.05, 0.1) is 0 Å². The van der Waals surface area contributed by atoms with Gasteiger partial charge in [0.2, 0.25) is 0 Å². The summed E-state index contributed by atoms with van der Waals surface area (Å²) in [5.41, 5.74) is 2.73. The number of aliphatic carboxylic acids is 2. The zero-order valence-corrected chi connectivity index (χ0v) is 16.6. The summed E-state index contributed by atoms with van der Waals surface area (Å²) in [5.74, 6) is -2.51. The molecule has 0 radical (unpaired) electrons. The van der Waals surface area contributed by atoms with E-state index >= 15 is 0 Å². The smallest absolute Gasteiger partial charge is 0.328 e. The molecule has 1 aliphatic heterocycles. The van der Waals surface area contributed by atoms with Gasteiger partial charge < -0.3 is 20.0 Å². The van der Waals surface area contributed by atoms with E-state index in [0.29, 0.717) is 18.2 Å². The van der Waals surface area contributed by atoms with Gasteiger partial charge >= 0.3 is 11.9 Å². The van der Waals surface area contributed by atoms with Crippen molar-refractivity contribution < 1.29 is 19.8 Å². The Balaban J connectivity index is 0.000000321. The largest absolute Gasteiger partial charge is 0.478 e. The number of carboxylic acid groups (broad SMARTS) is 2. The van der Waals surface area contributed by atoms with Crippen molar-refractivity contribution in [3.05, 3.63) is 78.4 Å². The van der Waals surface area contributed by atoms with Crippen LogP contribution in [0.3, 0.4) is 0 Å². The number of benzene rings is 2. The third-order valence-electron chi connectivity index (χ3n) is 4.78. The molecule has 2 aromatic carbocycles. The maximum absolute atomic E-state index is 9.55. The Morgan fingerprint density at radius 1 is 0.931 bits per heavy atom. The molecule has 1 aliphatic rings. The monoisotopic (exact) mass is 396 g/mol. The van der Waals surface area contributed by atoms with Crippen LogP contribution in [0.5, 0.6) is 0 Å². The predicted octanol–water partition coefficient (Wildman–Crippen LogP) is 3.50. The van der Waals surface area contributed by atoms with Gasteiger partial charge in [0.1, 0.15) is 0 Å². The van der Waals surface area contributed by atoms with Crippen LogP contribution in [0.1, 0.15) is 18.4 Å². The predicted molar refractivity (Wildman–Crippen MR) is 114 cm³/mol. The van der Waals surface area contributed by atoms with Crippen LogP contribution in [0.25, 0.3) is 0 Å². The highest BCUT2D eigenvalue weighted by Gasteiger charge is 2.23. The SMILES string of the molecule is CN1CCC(N(Cc2ccccc2)c2ccccc2)CC1.O=C(O)/C=C\C(=O)O. The molecule has 0 saturated carbocycles. The van der Waals surface area contributed by atoms with Crippen molar-refractivity contribution in [3.8, 4) is 0 Å². The zero-order chi connectivity index (χ0) is 21.1. The van der Waals surface area contributed by atoms with Gasteiger partial charge in [0.25, 0.3) is 0 Å². The number of para-hydroxylation sites is 1. The Morgan fingerprint density at radius 3 is 1.90 bits per heavy atom. The summed E-state index contributed by atoms with van der Waals surface area (Å²) in [6, 6.07) is 22.3. The average Bonchev–Trinajstić information content (AvgIpc) is 2.73. The Hall–Kier alpha value is -3.12. The Labute approximate surface area is 171 Å². The Morgan fingerprint density at radius 2 is 1.41 bits per heavy atom. The minimum Gasteiger partial charge on any atom is -0.478 e.